The molecule has 0 spiro atoms. The Labute approximate surface area is 100 Å². The standard InChI is InChI=1S/C13H18F3N/c1-3-9(4-2)7-17-8-10-5-11(14)13(16)12(15)6-10/h5-6,9,17H,3-4,7-8H2,1-2H3. The quantitative estimate of drug-likeness (QED) is 0.755. The van der Waals surface area contributed by atoms with Crippen LogP contribution in [0.5, 0.6) is 0 Å². The minimum Gasteiger partial charge on any atom is -0.312 e. The molecule has 0 saturated heterocycles. The molecule has 0 saturated carbocycles. The van der Waals surface area contributed by atoms with Crippen LogP contribution in [-0.2, 0) is 6.54 Å². The van der Waals surface area contributed by atoms with E-state index in [1.165, 1.54) is 0 Å². The monoisotopic (exact) mass is 245 g/mol. The van der Waals surface area contributed by atoms with E-state index in [4.69, 9.17) is 0 Å². The maximum absolute atomic E-state index is 12.9. The van der Waals surface area contributed by atoms with Crippen molar-refractivity contribution in [1.29, 1.82) is 0 Å². The molecule has 0 fully saturated rings. The average Bonchev–Trinajstić information content (AvgIpc) is 2.31. The van der Waals surface area contributed by atoms with Gasteiger partial charge in [-0.05, 0) is 30.2 Å². The van der Waals surface area contributed by atoms with Crippen molar-refractivity contribution in [1.82, 2.24) is 5.32 Å². The summed E-state index contributed by atoms with van der Waals surface area (Å²) in [5.74, 6) is -3.12. The summed E-state index contributed by atoms with van der Waals surface area (Å²) in [6.45, 7) is 5.36. The van der Waals surface area contributed by atoms with Gasteiger partial charge in [-0.3, -0.25) is 0 Å². The predicted octanol–water partition coefficient (Wildman–Crippen LogP) is 3.63. The molecular weight excluding hydrogens is 227 g/mol. The molecule has 0 unspecified atom stereocenters. The molecule has 0 radical (unpaired) electrons. The molecule has 1 aromatic carbocycles. The van der Waals surface area contributed by atoms with Crippen molar-refractivity contribution in [3.63, 3.8) is 0 Å². The molecule has 96 valence electrons. The molecule has 0 aliphatic rings. The summed E-state index contributed by atoms with van der Waals surface area (Å²) in [5.41, 5.74) is 0.423. The van der Waals surface area contributed by atoms with E-state index in [2.05, 4.69) is 19.2 Å². The fraction of sp³-hybridized carbons (Fsp3) is 0.538. The highest BCUT2D eigenvalue weighted by Gasteiger charge is 2.10. The summed E-state index contributed by atoms with van der Waals surface area (Å²) < 4.78 is 38.5. The molecule has 0 heterocycles. The van der Waals surface area contributed by atoms with E-state index in [1.807, 2.05) is 0 Å². The highest BCUT2D eigenvalue weighted by molar-refractivity contribution is 5.19. The lowest BCUT2D eigenvalue weighted by atomic mass is 10.0. The van der Waals surface area contributed by atoms with Crippen LogP contribution in [0, 0.1) is 23.4 Å². The van der Waals surface area contributed by atoms with Crippen molar-refractivity contribution in [3.8, 4) is 0 Å². The van der Waals surface area contributed by atoms with Gasteiger partial charge in [-0.1, -0.05) is 26.7 Å². The van der Waals surface area contributed by atoms with Crippen molar-refractivity contribution in [2.24, 2.45) is 5.92 Å². The molecule has 0 aliphatic heterocycles. The van der Waals surface area contributed by atoms with E-state index >= 15 is 0 Å². The maximum Gasteiger partial charge on any atom is 0.194 e. The lowest BCUT2D eigenvalue weighted by Crippen LogP contribution is -2.21. The third-order valence-electron chi connectivity index (χ3n) is 2.96. The first-order valence-corrected chi connectivity index (χ1v) is 5.92. The summed E-state index contributed by atoms with van der Waals surface area (Å²) in [7, 11) is 0. The van der Waals surface area contributed by atoms with E-state index in [1.54, 1.807) is 0 Å². The minimum absolute atomic E-state index is 0.352. The number of benzene rings is 1. The lowest BCUT2D eigenvalue weighted by molar-refractivity contribution is 0.436. The molecule has 0 aliphatic carbocycles. The van der Waals surface area contributed by atoms with Gasteiger partial charge < -0.3 is 5.32 Å². The SMILES string of the molecule is CCC(CC)CNCc1cc(F)c(F)c(F)c1. The van der Waals surface area contributed by atoms with Crippen LogP contribution in [0.2, 0.25) is 0 Å². The lowest BCUT2D eigenvalue weighted by Gasteiger charge is -2.13. The summed E-state index contributed by atoms with van der Waals surface area (Å²) in [4.78, 5) is 0. The second-order valence-electron chi connectivity index (χ2n) is 4.19. The molecule has 0 amide bonds. The average molecular weight is 245 g/mol. The molecule has 4 heteroatoms. The van der Waals surface area contributed by atoms with Gasteiger partial charge >= 0.3 is 0 Å². The second-order valence-corrected chi connectivity index (χ2v) is 4.19. The number of halogens is 3. The minimum atomic E-state index is -1.41. The molecule has 1 nitrogen and oxygen atoms in total. The summed E-state index contributed by atoms with van der Waals surface area (Å²) in [6.07, 6.45) is 2.13. The van der Waals surface area contributed by atoms with Crippen molar-refractivity contribution >= 4 is 0 Å². The van der Waals surface area contributed by atoms with Gasteiger partial charge in [0.15, 0.2) is 17.5 Å². The first-order valence-electron chi connectivity index (χ1n) is 5.92. The third-order valence-corrected chi connectivity index (χ3v) is 2.96. The van der Waals surface area contributed by atoms with E-state index < -0.39 is 17.5 Å². The van der Waals surface area contributed by atoms with Gasteiger partial charge in [0, 0.05) is 6.54 Å². The fourth-order valence-electron chi connectivity index (χ4n) is 1.71. The molecule has 0 aromatic heterocycles. The van der Waals surface area contributed by atoms with Crippen molar-refractivity contribution in [2.75, 3.05) is 6.54 Å². The topological polar surface area (TPSA) is 12.0 Å². The molecule has 1 rings (SSSR count). The first kappa shape index (κ1) is 14.0. The van der Waals surface area contributed by atoms with Gasteiger partial charge in [-0.15, -0.1) is 0 Å². The van der Waals surface area contributed by atoms with Crippen LogP contribution in [0.4, 0.5) is 13.2 Å². The highest BCUT2D eigenvalue weighted by atomic mass is 19.2. The maximum atomic E-state index is 12.9. The van der Waals surface area contributed by atoms with E-state index in [0.29, 0.717) is 18.0 Å². The van der Waals surface area contributed by atoms with Crippen molar-refractivity contribution in [3.05, 3.63) is 35.1 Å². The number of rotatable bonds is 6. The Morgan fingerprint density at radius 2 is 1.59 bits per heavy atom. The molecule has 0 atom stereocenters. The van der Waals surface area contributed by atoms with Crippen LogP contribution < -0.4 is 5.32 Å². The summed E-state index contributed by atoms with van der Waals surface area (Å²) in [5, 5.41) is 3.12. The largest absolute Gasteiger partial charge is 0.312 e. The molecular formula is C13H18F3N. The van der Waals surface area contributed by atoms with Gasteiger partial charge in [0.2, 0.25) is 0 Å². The Morgan fingerprint density at radius 1 is 1.06 bits per heavy atom. The number of nitrogens with one attached hydrogen (secondary N) is 1. The second kappa shape index (κ2) is 6.64. The first-order chi connectivity index (χ1) is 8.08. The Morgan fingerprint density at radius 3 is 2.06 bits per heavy atom. The Bertz CT molecular complexity index is 339. The van der Waals surface area contributed by atoms with Crippen molar-refractivity contribution < 1.29 is 13.2 Å². The normalized spacial score (nSPS) is 11.2. The van der Waals surface area contributed by atoms with Gasteiger partial charge in [-0.25, -0.2) is 13.2 Å². The van der Waals surface area contributed by atoms with Gasteiger partial charge in [0.25, 0.3) is 0 Å². The Kier molecular flexibility index (Phi) is 5.48. The third kappa shape index (κ3) is 4.04. The van der Waals surface area contributed by atoms with Crippen molar-refractivity contribution in [2.45, 2.75) is 33.2 Å². The fourth-order valence-corrected chi connectivity index (χ4v) is 1.71. The number of hydrogen-bond acceptors (Lipinski definition) is 1. The van der Waals surface area contributed by atoms with E-state index in [0.717, 1.165) is 31.5 Å². The summed E-state index contributed by atoms with van der Waals surface area (Å²) in [6, 6.07) is 2.05. The molecule has 1 aromatic rings. The van der Waals surface area contributed by atoms with Gasteiger partial charge in [0.05, 0.1) is 0 Å². The Hall–Kier alpha value is -1.03. The van der Waals surface area contributed by atoms with Crippen LogP contribution in [0.3, 0.4) is 0 Å². The van der Waals surface area contributed by atoms with Crippen LogP contribution >= 0.6 is 0 Å². The van der Waals surface area contributed by atoms with Crippen LogP contribution in [-0.4, -0.2) is 6.54 Å². The molecule has 0 bridgehead atoms. The smallest absolute Gasteiger partial charge is 0.194 e. The van der Waals surface area contributed by atoms with Gasteiger partial charge in [0.1, 0.15) is 0 Å². The summed E-state index contributed by atoms with van der Waals surface area (Å²) >= 11 is 0. The molecule has 1 N–H and O–H groups in total. The van der Waals surface area contributed by atoms with Crippen LogP contribution in [0.25, 0.3) is 0 Å². The van der Waals surface area contributed by atoms with E-state index in [9.17, 15) is 13.2 Å². The van der Waals surface area contributed by atoms with Crippen LogP contribution in [0.15, 0.2) is 12.1 Å². The highest BCUT2D eigenvalue weighted by Crippen LogP contribution is 2.13. The Balaban J connectivity index is 2.52. The van der Waals surface area contributed by atoms with Gasteiger partial charge in [-0.2, -0.15) is 0 Å². The van der Waals surface area contributed by atoms with Crippen LogP contribution in [0.1, 0.15) is 32.3 Å². The zero-order valence-corrected chi connectivity index (χ0v) is 10.2. The molecule has 17 heavy (non-hydrogen) atoms. The van der Waals surface area contributed by atoms with E-state index in [-0.39, 0.29) is 0 Å². The predicted molar refractivity (Wildman–Crippen MR) is 62.1 cm³/mol. The zero-order chi connectivity index (χ0) is 12.8. The number of hydrogen-bond donors (Lipinski definition) is 1. The zero-order valence-electron chi connectivity index (χ0n) is 10.2.